The normalized spacial score (nSPS) is 11.7. The van der Waals surface area contributed by atoms with E-state index in [1.165, 1.54) is 0 Å². The molecule has 118 valence electrons. The van der Waals surface area contributed by atoms with Gasteiger partial charge in [0.1, 0.15) is 5.02 Å². The van der Waals surface area contributed by atoms with Crippen LogP contribution >= 0.6 is 35.0 Å². The predicted molar refractivity (Wildman–Crippen MR) is 73.6 cm³/mol. The SMILES string of the molecule is O=c1cc(C(F)(F)F)nc(SCc2c(Cl)cnc(F)c2Cl)[nH]1. The minimum atomic E-state index is -4.75. The molecule has 0 bridgehead atoms. The highest BCUT2D eigenvalue weighted by molar-refractivity contribution is 7.98. The lowest BCUT2D eigenvalue weighted by Crippen LogP contribution is -2.16. The zero-order valence-electron chi connectivity index (χ0n) is 10.3. The molecule has 0 saturated carbocycles. The van der Waals surface area contributed by atoms with Crippen LogP contribution in [0.4, 0.5) is 17.6 Å². The predicted octanol–water partition coefficient (Wildman–Crippen LogP) is 3.92. The summed E-state index contributed by atoms with van der Waals surface area (Å²) in [5.74, 6) is -1.05. The van der Waals surface area contributed by atoms with Gasteiger partial charge in [0.25, 0.3) is 5.56 Å². The van der Waals surface area contributed by atoms with Crippen LogP contribution in [0.5, 0.6) is 0 Å². The lowest BCUT2D eigenvalue weighted by Gasteiger charge is -2.08. The molecule has 0 aromatic carbocycles. The van der Waals surface area contributed by atoms with Gasteiger partial charge in [0, 0.05) is 23.6 Å². The summed E-state index contributed by atoms with van der Waals surface area (Å²) in [6.45, 7) is 0. The van der Waals surface area contributed by atoms with Gasteiger partial charge in [0.15, 0.2) is 10.9 Å². The van der Waals surface area contributed by atoms with Crippen molar-refractivity contribution in [2.75, 3.05) is 0 Å². The maximum atomic E-state index is 13.2. The minimum Gasteiger partial charge on any atom is -0.301 e. The van der Waals surface area contributed by atoms with E-state index >= 15 is 0 Å². The molecular weight excluding hydrogens is 369 g/mol. The highest BCUT2D eigenvalue weighted by Gasteiger charge is 2.33. The lowest BCUT2D eigenvalue weighted by atomic mass is 10.3. The summed E-state index contributed by atoms with van der Waals surface area (Å²) >= 11 is 12.2. The Bertz CT molecular complexity index is 766. The molecule has 11 heteroatoms. The molecule has 0 aliphatic carbocycles. The second-order valence-electron chi connectivity index (χ2n) is 3.91. The second-order valence-corrected chi connectivity index (χ2v) is 5.66. The molecule has 0 unspecified atom stereocenters. The van der Waals surface area contributed by atoms with Crippen molar-refractivity contribution in [1.82, 2.24) is 15.0 Å². The Morgan fingerprint density at radius 3 is 2.64 bits per heavy atom. The van der Waals surface area contributed by atoms with Crippen LogP contribution in [0.15, 0.2) is 22.2 Å². The van der Waals surface area contributed by atoms with Gasteiger partial charge in [-0.25, -0.2) is 9.97 Å². The van der Waals surface area contributed by atoms with E-state index in [1.807, 2.05) is 0 Å². The lowest BCUT2D eigenvalue weighted by molar-refractivity contribution is -0.141. The summed E-state index contributed by atoms with van der Waals surface area (Å²) in [7, 11) is 0. The molecule has 2 aromatic rings. The number of H-pyrrole nitrogens is 1. The number of rotatable bonds is 3. The Labute approximate surface area is 134 Å². The van der Waals surface area contributed by atoms with Crippen molar-refractivity contribution in [1.29, 1.82) is 0 Å². The summed E-state index contributed by atoms with van der Waals surface area (Å²) in [6.07, 6.45) is -3.72. The van der Waals surface area contributed by atoms with Gasteiger partial charge in [-0.3, -0.25) is 4.79 Å². The maximum Gasteiger partial charge on any atom is 0.433 e. The van der Waals surface area contributed by atoms with Gasteiger partial charge in [-0.2, -0.15) is 17.6 Å². The molecule has 0 radical (unpaired) electrons. The third-order valence-corrected chi connectivity index (χ3v) is 4.00. The molecule has 0 fully saturated rings. The molecule has 2 heterocycles. The quantitative estimate of drug-likeness (QED) is 0.383. The van der Waals surface area contributed by atoms with Gasteiger partial charge < -0.3 is 4.98 Å². The number of nitrogens with one attached hydrogen (secondary N) is 1. The zero-order valence-corrected chi connectivity index (χ0v) is 12.7. The molecular formula is C11H5Cl2F4N3OS. The number of aromatic nitrogens is 3. The molecule has 0 amide bonds. The number of hydrogen-bond donors (Lipinski definition) is 1. The molecule has 0 spiro atoms. The molecule has 22 heavy (non-hydrogen) atoms. The van der Waals surface area contributed by atoms with Crippen LogP contribution in [-0.2, 0) is 11.9 Å². The maximum absolute atomic E-state index is 13.2. The van der Waals surface area contributed by atoms with E-state index in [2.05, 4.69) is 15.0 Å². The Hall–Kier alpha value is -1.32. The Kier molecular flexibility index (Phi) is 4.98. The summed E-state index contributed by atoms with van der Waals surface area (Å²) in [4.78, 5) is 20.0. The fourth-order valence-corrected chi connectivity index (χ4v) is 2.95. The molecule has 0 aliphatic rings. The molecule has 4 nitrogen and oxygen atoms in total. The molecule has 2 rings (SSSR count). The van der Waals surface area contributed by atoms with Crippen molar-refractivity contribution in [2.24, 2.45) is 0 Å². The van der Waals surface area contributed by atoms with Gasteiger partial charge >= 0.3 is 6.18 Å². The fraction of sp³-hybridized carbons (Fsp3) is 0.182. The van der Waals surface area contributed by atoms with Crippen LogP contribution in [0.2, 0.25) is 10.0 Å². The van der Waals surface area contributed by atoms with E-state index in [-0.39, 0.29) is 26.5 Å². The Balaban J connectivity index is 2.28. The van der Waals surface area contributed by atoms with Gasteiger partial charge in [-0.1, -0.05) is 35.0 Å². The van der Waals surface area contributed by atoms with Gasteiger partial charge in [0.2, 0.25) is 5.95 Å². The number of nitrogens with zero attached hydrogens (tertiary/aromatic N) is 2. The van der Waals surface area contributed by atoms with Crippen LogP contribution < -0.4 is 5.56 Å². The first-order chi connectivity index (χ1) is 10.2. The highest BCUT2D eigenvalue weighted by atomic mass is 35.5. The molecule has 0 saturated heterocycles. The summed E-state index contributed by atoms with van der Waals surface area (Å²) in [5.41, 5.74) is -2.14. The first-order valence-electron chi connectivity index (χ1n) is 5.48. The van der Waals surface area contributed by atoms with E-state index in [0.717, 1.165) is 18.0 Å². The molecule has 1 N–H and O–H groups in total. The van der Waals surface area contributed by atoms with Crippen molar-refractivity contribution in [2.45, 2.75) is 17.1 Å². The number of aromatic amines is 1. The third kappa shape index (κ3) is 3.90. The standard InChI is InChI=1S/C11H5Cl2F4N3OS/c12-5-2-18-9(14)8(13)4(5)3-22-10-19-6(11(15,16)17)1-7(21)20-10/h1-2H,3H2,(H,19,20,21). The van der Waals surface area contributed by atoms with Crippen molar-refractivity contribution in [3.8, 4) is 0 Å². The summed E-state index contributed by atoms with van der Waals surface area (Å²) in [6, 6.07) is 0.343. The second kappa shape index (κ2) is 6.43. The van der Waals surface area contributed by atoms with E-state index in [9.17, 15) is 22.4 Å². The topological polar surface area (TPSA) is 58.6 Å². The number of pyridine rings is 1. The fourth-order valence-electron chi connectivity index (χ4n) is 1.40. The number of alkyl halides is 3. The van der Waals surface area contributed by atoms with Gasteiger partial charge in [-0.15, -0.1) is 0 Å². The minimum absolute atomic E-state index is 0.0493. The molecule has 0 aliphatic heterocycles. The average molecular weight is 374 g/mol. The zero-order chi connectivity index (χ0) is 16.5. The van der Waals surface area contributed by atoms with Crippen LogP contribution in [0, 0.1) is 5.95 Å². The Morgan fingerprint density at radius 1 is 1.32 bits per heavy atom. The third-order valence-electron chi connectivity index (χ3n) is 2.39. The first-order valence-corrected chi connectivity index (χ1v) is 7.22. The summed E-state index contributed by atoms with van der Waals surface area (Å²) in [5, 5.41) is -0.577. The first kappa shape index (κ1) is 17.0. The smallest absolute Gasteiger partial charge is 0.301 e. The molecule has 2 aromatic heterocycles. The number of hydrogen-bond acceptors (Lipinski definition) is 4. The van der Waals surface area contributed by atoms with Crippen molar-refractivity contribution in [3.63, 3.8) is 0 Å². The monoisotopic (exact) mass is 373 g/mol. The van der Waals surface area contributed by atoms with Crippen LogP contribution in [-0.4, -0.2) is 15.0 Å². The van der Waals surface area contributed by atoms with Crippen molar-refractivity contribution < 1.29 is 17.6 Å². The average Bonchev–Trinajstić information content (AvgIpc) is 2.41. The van der Waals surface area contributed by atoms with E-state index < -0.39 is 23.4 Å². The summed E-state index contributed by atoms with van der Waals surface area (Å²) < 4.78 is 50.9. The van der Waals surface area contributed by atoms with E-state index in [4.69, 9.17) is 23.2 Å². The Morgan fingerprint density at radius 2 is 2.00 bits per heavy atom. The van der Waals surface area contributed by atoms with Gasteiger partial charge in [-0.05, 0) is 0 Å². The van der Waals surface area contributed by atoms with Crippen LogP contribution in [0.25, 0.3) is 0 Å². The van der Waals surface area contributed by atoms with Crippen molar-refractivity contribution in [3.05, 3.63) is 49.9 Å². The highest BCUT2D eigenvalue weighted by Crippen LogP contribution is 2.32. The number of halogens is 6. The number of thioether (sulfide) groups is 1. The van der Waals surface area contributed by atoms with E-state index in [0.29, 0.717) is 6.07 Å². The molecule has 0 atom stereocenters. The van der Waals surface area contributed by atoms with Crippen LogP contribution in [0.1, 0.15) is 11.3 Å². The van der Waals surface area contributed by atoms with E-state index in [1.54, 1.807) is 0 Å². The largest absolute Gasteiger partial charge is 0.433 e. The van der Waals surface area contributed by atoms with Gasteiger partial charge in [0.05, 0.1) is 5.02 Å². The van der Waals surface area contributed by atoms with Crippen LogP contribution in [0.3, 0.4) is 0 Å². The van der Waals surface area contributed by atoms with Crippen molar-refractivity contribution >= 4 is 35.0 Å².